The molecule has 112 valence electrons. The van der Waals surface area contributed by atoms with E-state index in [9.17, 15) is 5.11 Å². The first kappa shape index (κ1) is 15.3. The molecule has 0 saturated heterocycles. The second-order valence-electron chi connectivity index (χ2n) is 4.55. The van der Waals surface area contributed by atoms with Gasteiger partial charge in [-0.2, -0.15) is 0 Å². The summed E-state index contributed by atoms with van der Waals surface area (Å²) < 4.78 is 10.9. The van der Waals surface area contributed by atoms with Crippen molar-refractivity contribution in [3.63, 3.8) is 0 Å². The average molecular weight is 289 g/mol. The predicted octanol–water partition coefficient (Wildman–Crippen LogP) is 1.92. The minimum absolute atomic E-state index is 0.236. The van der Waals surface area contributed by atoms with Gasteiger partial charge in [0.15, 0.2) is 0 Å². The molecule has 0 radical (unpaired) electrons. The molecule has 2 rings (SSSR count). The number of methoxy groups -OCH3 is 1. The van der Waals surface area contributed by atoms with E-state index >= 15 is 0 Å². The van der Waals surface area contributed by atoms with Gasteiger partial charge in [0.1, 0.15) is 18.1 Å². The van der Waals surface area contributed by atoms with Crippen molar-refractivity contribution in [2.75, 3.05) is 20.3 Å². The van der Waals surface area contributed by atoms with Crippen molar-refractivity contribution in [2.24, 2.45) is 0 Å². The SMILES string of the molecule is COc1ccc2nccc(OCC=CC[C@@H](O)CO)c2c1. The molecule has 21 heavy (non-hydrogen) atoms. The van der Waals surface area contributed by atoms with Gasteiger partial charge in [-0.3, -0.25) is 4.98 Å². The topological polar surface area (TPSA) is 71.8 Å². The summed E-state index contributed by atoms with van der Waals surface area (Å²) >= 11 is 0. The third-order valence-electron chi connectivity index (χ3n) is 3.03. The summed E-state index contributed by atoms with van der Waals surface area (Å²) in [7, 11) is 1.62. The second kappa shape index (κ2) is 7.61. The second-order valence-corrected chi connectivity index (χ2v) is 4.55. The van der Waals surface area contributed by atoms with E-state index in [1.54, 1.807) is 25.4 Å². The third kappa shape index (κ3) is 4.18. The highest BCUT2D eigenvalue weighted by atomic mass is 16.5. The number of pyridine rings is 1. The summed E-state index contributed by atoms with van der Waals surface area (Å²) in [6.45, 7) is 0.147. The molecule has 2 N–H and O–H groups in total. The van der Waals surface area contributed by atoms with Crippen LogP contribution in [0.4, 0.5) is 0 Å². The van der Waals surface area contributed by atoms with E-state index in [4.69, 9.17) is 14.6 Å². The number of aliphatic hydroxyl groups is 2. The molecule has 1 aromatic carbocycles. The van der Waals surface area contributed by atoms with Crippen molar-refractivity contribution in [3.8, 4) is 11.5 Å². The Morgan fingerprint density at radius 3 is 2.90 bits per heavy atom. The van der Waals surface area contributed by atoms with Gasteiger partial charge in [-0.25, -0.2) is 0 Å². The lowest BCUT2D eigenvalue weighted by molar-refractivity contribution is 0.0975. The van der Waals surface area contributed by atoms with Gasteiger partial charge in [-0.1, -0.05) is 12.2 Å². The van der Waals surface area contributed by atoms with Crippen molar-refractivity contribution in [1.82, 2.24) is 4.98 Å². The van der Waals surface area contributed by atoms with E-state index < -0.39 is 6.10 Å². The number of fused-ring (bicyclic) bond motifs is 1. The Morgan fingerprint density at radius 2 is 2.14 bits per heavy atom. The van der Waals surface area contributed by atoms with Crippen LogP contribution < -0.4 is 9.47 Å². The Kier molecular flexibility index (Phi) is 5.54. The van der Waals surface area contributed by atoms with E-state index in [1.807, 2.05) is 24.3 Å². The maximum Gasteiger partial charge on any atom is 0.130 e. The maximum atomic E-state index is 9.21. The monoisotopic (exact) mass is 289 g/mol. The summed E-state index contributed by atoms with van der Waals surface area (Å²) in [5.41, 5.74) is 0.841. The standard InChI is InChI=1S/C16H19NO4/c1-20-13-5-6-15-14(10-13)16(7-8-17-15)21-9-3-2-4-12(19)11-18/h2-3,5-8,10,12,18-19H,4,9,11H2,1H3/t12-/m1/s1. The Balaban J connectivity index is 2.04. The number of aromatic nitrogens is 1. The smallest absolute Gasteiger partial charge is 0.130 e. The molecule has 0 aliphatic heterocycles. The molecule has 0 amide bonds. The number of hydrogen-bond donors (Lipinski definition) is 2. The average Bonchev–Trinajstić information content (AvgIpc) is 2.53. The molecule has 5 nitrogen and oxygen atoms in total. The molecule has 0 aliphatic rings. The number of ether oxygens (including phenoxy) is 2. The highest BCUT2D eigenvalue weighted by Crippen LogP contribution is 2.27. The Bertz CT molecular complexity index is 612. The highest BCUT2D eigenvalue weighted by molar-refractivity contribution is 5.86. The fourth-order valence-corrected chi connectivity index (χ4v) is 1.89. The van der Waals surface area contributed by atoms with Crippen LogP contribution in [0.2, 0.25) is 0 Å². The molecule has 2 aromatic rings. The third-order valence-corrected chi connectivity index (χ3v) is 3.03. The van der Waals surface area contributed by atoms with Crippen LogP contribution in [0.25, 0.3) is 10.9 Å². The number of rotatable bonds is 7. The number of nitrogens with zero attached hydrogens (tertiary/aromatic N) is 1. The zero-order valence-electron chi connectivity index (χ0n) is 11.9. The molecular formula is C16H19NO4. The van der Waals surface area contributed by atoms with Crippen LogP contribution in [-0.2, 0) is 0 Å². The molecule has 1 aromatic heterocycles. The van der Waals surface area contributed by atoms with Gasteiger partial charge in [-0.15, -0.1) is 0 Å². The van der Waals surface area contributed by atoms with Gasteiger partial charge in [0.25, 0.3) is 0 Å². The Labute approximate surface area is 123 Å². The zero-order valence-corrected chi connectivity index (χ0v) is 11.9. The van der Waals surface area contributed by atoms with Crippen LogP contribution in [0.1, 0.15) is 6.42 Å². The number of benzene rings is 1. The van der Waals surface area contributed by atoms with Crippen LogP contribution in [0.5, 0.6) is 11.5 Å². The van der Waals surface area contributed by atoms with Crippen LogP contribution >= 0.6 is 0 Å². The zero-order chi connectivity index (χ0) is 15.1. The van der Waals surface area contributed by atoms with Gasteiger partial charge < -0.3 is 19.7 Å². The van der Waals surface area contributed by atoms with Gasteiger partial charge in [0, 0.05) is 11.6 Å². The Hall–Kier alpha value is -2.11. The molecule has 0 unspecified atom stereocenters. The van der Waals surface area contributed by atoms with E-state index in [0.717, 1.165) is 22.4 Å². The first-order valence-corrected chi connectivity index (χ1v) is 6.74. The maximum absolute atomic E-state index is 9.21. The van der Waals surface area contributed by atoms with E-state index in [0.29, 0.717) is 13.0 Å². The molecule has 1 atom stereocenters. The molecule has 0 spiro atoms. The molecule has 1 heterocycles. The molecule has 5 heteroatoms. The van der Waals surface area contributed by atoms with Crippen molar-refractivity contribution in [2.45, 2.75) is 12.5 Å². The normalized spacial score (nSPS) is 12.7. The van der Waals surface area contributed by atoms with Gasteiger partial charge in [0.2, 0.25) is 0 Å². The molecule has 0 saturated carbocycles. The van der Waals surface area contributed by atoms with Crippen molar-refractivity contribution in [3.05, 3.63) is 42.6 Å². The molecular weight excluding hydrogens is 270 g/mol. The lowest BCUT2D eigenvalue weighted by Gasteiger charge is -2.08. The summed E-state index contributed by atoms with van der Waals surface area (Å²) in [6.07, 6.45) is 4.98. The minimum Gasteiger partial charge on any atom is -0.497 e. The van der Waals surface area contributed by atoms with Gasteiger partial charge in [-0.05, 0) is 30.7 Å². The highest BCUT2D eigenvalue weighted by Gasteiger charge is 2.04. The van der Waals surface area contributed by atoms with Crippen molar-refractivity contribution >= 4 is 10.9 Å². The van der Waals surface area contributed by atoms with Gasteiger partial charge in [0.05, 0.1) is 25.3 Å². The summed E-state index contributed by atoms with van der Waals surface area (Å²) in [4.78, 5) is 4.28. The largest absolute Gasteiger partial charge is 0.497 e. The summed E-state index contributed by atoms with van der Waals surface area (Å²) in [5.74, 6) is 1.48. The summed E-state index contributed by atoms with van der Waals surface area (Å²) in [5, 5.41) is 18.8. The van der Waals surface area contributed by atoms with Gasteiger partial charge >= 0.3 is 0 Å². The van der Waals surface area contributed by atoms with E-state index in [1.165, 1.54) is 0 Å². The minimum atomic E-state index is -0.715. The first-order valence-electron chi connectivity index (χ1n) is 6.74. The lowest BCUT2D eigenvalue weighted by Crippen LogP contribution is -2.09. The predicted molar refractivity (Wildman–Crippen MR) is 80.6 cm³/mol. The lowest BCUT2D eigenvalue weighted by atomic mass is 10.2. The number of aliphatic hydroxyl groups excluding tert-OH is 2. The van der Waals surface area contributed by atoms with Crippen molar-refractivity contribution < 1.29 is 19.7 Å². The fourth-order valence-electron chi connectivity index (χ4n) is 1.89. The molecule has 0 bridgehead atoms. The quantitative estimate of drug-likeness (QED) is 0.762. The van der Waals surface area contributed by atoms with Crippen LogP contribution in [0.15, 0.2) is 42.6 Å². The molecule has 0 aliphatic carbocycles. The first-order chi connectivity index (χ1) is 10.2. The van der Waals surface area contributed by atoms with Crippen molar-refractivity contribution in [1.29, 1.82) is 0 Å². The van der Waals surface area contributed by atoms with Crippen LogP contribution in [0, 0.1) is 0 Å². The fraction of sp³-hybridized carbons (Fsp3) is 0.312. The van der Waals surface area contributed by atoms with E-state index in [-0.39, 0.29) is 6.61 Å². The molecule has 0 fully saturated rings. The van der Waals surface area contributed by atoms with Crippen LogP contribution in [-0.4, -0.2) is 41.6 Å². The summed E-state index contributed by atoms with van der Waals surface area (Å²) in [6, 6.07) is 7.43. The number of hydrogen-bond acceptors (Lipinski definition) is 5. The Morgan fingerprint density at radius 1 is 1.29 bits per heavy atom. The van der Waals surface area contributed by atoms with E-state index in [2.05, 4.69) is 4.98 Å². The van der Waals surface area contributed by atoms with Crippen LogP contribution in [0.3, 0.4) is 0 Å².